The van der Waals surface area contributed by atoms with E-state index in [4.69, 9.17) is 10.2 Å². The quantitative estimate of drug-likeness (QED) is 0.630. The monoisotopic (exact) mass is 155 g/mol. The summed E-state index contributed by atoms with van der Waals surface area (Å²) in [5, 5.41) is 0. The largest absolute Gasteiger partial charge is 0.468 e. The highest BCUT2D eigenvalue weighted by Crippen LogP contribution is 2.10. The van der Waals surface area contributed by atoms with E-state index >= 15 is 0 Å². The lowest BCUT2D eigenvalue weighted by Gasteiger charge is -2.04. The molecule has 0 aliphatic rings. The zero-order valence-electron chi connectivity index (χ0n) is 6.11. The van der Waals surface area contributed by atoms with Crippen molar-refractivity contribution in [2.75, 3.05) is 7.11 Å². The summed E-state index contributed by atoms with van der Waals surface area (Å²) in [5.74, 6) is -0.0863. The molecule has 0 aliphatic heterocycles. The molecule has 4 nitrogen and oxygen atoms in total. The number of ether oxygens (including phenoxy) is 1. The lowest BCUT2D eigenvalue weighted by Crippen LogP contribution is -2.21. The Bertz CT molecular complexity index is 230. The molecule has 0 unspecified atom stereocenters. The molecule has 60 valence electrons. The Balaban J connectivity index is 2.70. The lowest BCUT2D eigenvalue weighted by molar-refractivity contribution is -0.142. The Morgan fingerprint density at radius 3 is 3.00 bits per heavy atom. The van der Waals surface area contributed by atoms with Crippen molar-refractivity contribution >= 4 is 5.97 Å². The maximum Gasteiger partial charge on any atom is 0.330 e. The van der Waals surface area contributed by atoms with Crippen LogP contribution in [0.25, 0.3) is 0 Å². The number of carbonyl (C=O) groups is 1. The average molecular weight is 155 g/mol. The number of hydrogen-bond acceptors (Lipinski definition) is 4. The number of esters is 1. The molecule has 0 amide bonds. The van der Waals surface area contributed by atoms with E-state index in [0.29, 0.717) is 5.76 Å². The number of rotatable bonds is 2. The molecule has 1 aromatic heterocycles. The highest BCUT2D eigenvalue weighted by Gasteiger charge is 2.17. The molecule has 0 radical (unpaired) electrons. The van der Waals surface area contributed by atoms with E-state index in [-0.39, 0.29) is 0 Å². The van der Waals surface area contributed by atoms with Crippen molar-refractivity contribution in [2.45, 2.75) is 6.04 Å². The summed E-state index contributed by atoms with van der Waals surface area (Å²) in [6, 6.07) is 2.48. The standard InChI is InChI=1S/C7H9NO3/c1-10-7(9)6(8)5-3-2-4-11-5/h2-4,6H,8H2,1H3/t6-/m1/s1. The highest BCUT2D eigenvalue weighted by molar-refractivity contribution is 5.76. The van der Waals surface area contributed by atoms with E-state index in [1.165, 1.54) is 13.4 Å². The molecule has 0 bridgehead atoms. The molecule has 0 fully saturated rings. The van der Waals surface area contributed by atoms with Crippen molar-refractivity contribution in [3.63, 3.8) is 0 Å². The fourth-order valence-corrected chi connectivity index (χ4v) is 0.711. The lowest BCUT2D eigenvalue weighted by atomic mass is 10.2. The second-order valence-electron chi connectivity index (χ2n) is 2.02. The van der Waals surface area contributed by atoms with Gasteiger partial charge in [-0.05, 0) is 12.1 Å². The van der Waals surface area contributed by atoms with Crippen LogP contribution < -0.4 is 5.73 Å². The van der Waals surface area contributed by atoms with Gasteiger partial charge < -0.3 is 14.9 Å². The van der Waals surface area contributed by atoms with Gasteiger partial charge in [0.05, 0.1) is 13.4 Å². The van der Waals surface area contributed by atoms with Gasteiger partial charge >= 0.3 is 5.97 Å². The first-order chi connectivity index (χ1) is 5.25. The molecule has 1 aromatic rings. The van der Waals surface area contributed by atoms with Crippen molar-refractivity contribution in [1.29, 1.82) is 0 Å². The maximum atomic E-state index is 10.8. The molecule has 0 saturated carbocycles. The third kappa shape index (κ3) is 1.59. The van der Waals surface area contributed by atoms with Crippen LogP contribution in [0.3, 0.4) is 0 Å². The molecule has 11 heavy (non-hydrogen) atoms. The van der Waals surface area contributed by atoms with Crippen LogP contribution in [0.15, 0.2) is 22.8 Å². The molecule has 4 heteroatoms. The first-order valence-electron chi connectivity index (χ1n) is 3.12. The number of nitrogens with two attached hydrogens (primary N) is 1. The van der Waals surface area contributed by atoms with Crippen LogP contribution in [0.1, 0.15) is 11.8 Å². The molecule has 0 spiro atoms. The van der Waals surface area contributed by atoms with Crippen LogP contribution in [-0.4, -0.2) is 13.1 Å². The zero-order valence-corrected chi connectivity index (χ0v) is 6.11. The fourth-order valence-electron chi connectivity index (χ4n) is 0.711. The minimum atomic E-state index is -0.810. The van der Waals surface area contributed by atoms with E-state index in [1.807, 2.05) is 0 Å². The van der Waals surface area contributed by atoms with Gasteiger partial charge in [0, 0.05) is 0 Å². The van der Waals surface area contributed by atoms with E-state index in [0.717, 1.165) is 0 Å². The summed E-state index contributed by atoms with van der Waals surface area (Å²) in [6.07, 6.45) is 1.46. The first-order valence-corrected chi connectivity index (χ1v) is 3.12. The predicted octanol–water partition coefficient (Wildman–Crippen LogP) is 0.452. The second-order valence-corrected chi connectivity index (χ2v) is 2.02. The fraction of sp³-hybridized carbons (Fsp3) is 0.286. The van der Waals surface area contributed by atoms with Gasteiger partial charge in [-0.15, -0.1) is 0 Å². The molecule has 1 atom stereocenters. The Morgan fingerprint density at radius 1 is 1.82 bits per heavy atom. The number of furan rings is 1. The van der Waals surface area contributed by atoms with Gasteiger partial charge in [-0.2, -0.15) is 0 Å². The summed E-state index contributed by atoms with van der Waals surface area (Å²) in [7, 11) is 1.28. The van der Waals surface area contributed by atoms with E-state index in [9.17, 15) is 4.79 Å². The molecule has 0 aliphatic carbocycles. The van der Waals surface area contributed by atoms with Crippen LogP contribution in [-0.2, 0) is 9.53 Å². The molecule has 0 saturated heterocycles. The van der Waals surface area contributed by atoms with E-state index in [2.05, 4.69) is 4.74 Å². The molecule has 0 aromatic carbocycles. The van der Waals surface area contributed by atoms with E-state index < -0.39 is 12.0 Å². The Morgan fingerprint density at radius 2 is 2.55 bits per heavy atom. The summed E-state index contributed by atoms with van der Waals surface area (Å²) < 4.78 is 9.30. The van der Waals surface area contributed by atoms with Crippen molar-refractivity contribution < 1.29 is 13.9 Å². The van der Waals surface area contributed by atoms with Crippen molar-refractivity contribution in [3.8, 4) is 0 Å². The molecule has 1 rings (SSSR count). The number of carbonyl (C=O) groups excluding carboxylic acids is 1. The molecule has 1 heterocycles. The summed E-state index contributed by atoms with van der Waals surface area (Å²) >= 11 is 0. The number of hydrogen-bond donors (Lipinski definition) is 1. The third-order valence-corrected chi connectivity index (χ3v) is 1.30. The van der Waals surface area contributed by atoms with Crippen LogP contribution in [0, 0.1) is 0 Å². The van der Waals surface area contributed by atoms with Gasteiger partial charge in [-0.3, -0.25) is 0 Å². The first kappa shape index (κ1) is 7.81. The topological polar surface area (TPSA) is 65.5 Å². The summed E-state index contributed by atoms with van der Waals surface area (Å²) in [6.45, 7) is 0. The van der Waals surface area contributed by atoms with Gasteiger partial charge in [-0.25, -0.2) is 4.79 Å². The minimum absolute atomic E-state index is 0.414. The van der Waals surface area contributed by atoms with Crippen LogP contribution in [0.2, 0.25) is 0 Å². The average Bonchev–Trinajstić information content (AvgIpc) is 2.53. The smallest absolute Gasteiger partial charge is 0.330 e. The van der Waals surface area contributed by atoms with Crippen LogP contribution in [0.4, 0.5) is 0 Å². The second kappa shape index (κ2) is 3.21. The maximum absolute atomic E-state index is 10.8. The summed E-state index contributed by atoms with van der Waals surface area (Å²) in [5.41, 5.74) is 5.43. The Labute approximate surface area is 63.9 Å². The molecule has 2 N–H and O–H groups in total. The van der Waals surface area contributed by atoms with Crippen molar-refractivity contribution in [3.05, 3.63) is 24.2 Å². The van der Waals surface area contributed by atoms with Gasteiger partial charge in [0.25, 0.3) is 0 Å². The van der Waals surface area contributed by atoms with Crippen LogP contribution in [0.5, 0.6) is 0 Å². The summed E-state index contributed by atoms with van der Waals surface area (Å²) in [4.78, 5) is 10.8. The van der Waals surface area contributed by atoms with Crippen LogP contribution >= 0.6 is 0 Å². The van der Waals surface area contributed by atoms with Gasteiger partial charge in [0.1, 0.15) is 5.76 Å². The van der Waals surface area contributed by atoms with E-state index in [1.54, 1.807) is 12.1 Å². The van der Waals surface area contributed by atoms with Crippen molar-refractivity contribution in [2.24, 2.45) is 5.73 Å². The molecular weight excluding hydrogens is 146 g/mol. The Hall–Kier alpha value is -1.29. The Kier molecular flexibility index (Phi) is 2.28. The van der Waals surface area contributed by atoms with Gasteiger partial charge in [0.15, 0.2) is 6.04 Å². The third-order valence-electron chi connectivity index (χ3n) is 1.30. The minimum Gasteiger partial charge on any atom is -0.468 e. The normalized spacial score (nSPS) is 12.5. The molecular formula is C7H9NO3. The van der Waals surface area contributed by atoms with Gasteiger partial charge in [0.2, 0.25) is 0 Å². The van der Waals surface area contributed by atoms with Gasteiger partial charge in [-0.1, -0.05) is 0 Å². The predicted molar refractivity (Wildman–Crippen MR) is 37.7 cm³/mol. The zero-order chi connectivity index (χ0) is 8.27. The highest BCUT2D eigenvalue weighted by atomic mass is 16.5. The SMILES string of the molecule is COC(=O)[C@H](N)c1ccco1. The number of methoxy groups -OCH3 is 1. The van der Waals surface area contributed by atoms with Crippen molar-refractivity contribution in [1.82, 2.24) is 0 Å².